The second kappa shape index (κ2) is 15.1. The van der Waals surface area contributed by atoms with Gasteiger partial charge in [-0.05, 0) is 73.7 Å². The van der Waals surface area contributed by atoms with Crippen LogP contribution in [-0.2, 0) is 19.5 Å². The van der Waals surface area contributed by atoms with Gasteiger partial charge in [-0.3, -0.25) is 14.6 Å². The van der Waals surface area contributed by atoms with Crippen LogP contribution in [0.3, 0.4) is 0 Å². The minimum absolute atomic E-state index is 0.0130. The molecule has 0 atom stereocenters. The van der Waals surface area contributed by atoms with Crippen LogP contribution >= 0.6 is 0 Å². The quantitative estimate of drug-likeness (QED) is 0.368. The Morgan fingerprint density at radius 3 is 2.21 bits per heavy atom. The molecule has 0 spiro atoms. The van der Waals surface area contributed by atoms with E-state index in [0.717, 1.165) is 57.8 Å². The van der Waals surface area contributed by atoms with E-state index in [0.29, 0.717) is 23.0 Å². The Morgan fingerprint density at radius 1 is 0.952 bits per heavy atom. The number of nitrogens with one attached hydrogen (secondary N) is 1. The minimum atomic E-state index is -0.328. The van der Waals surface area contributed by atoms with Crippen molar-refractivity contribution in [3.05, 3.63) is 88.4 Å². The van der Waals surface area contributed by atoms with Gasteiger partial charge in [0.05, 0.1) is 5.56 Å². The molecular formula is C34H46FN5O2. The first-order valence-electron chi connectivity index (χ1n) is 15.4. The molecule has 226 valence electrons. The summed E-state index contributed by atoms with van der Waals surface area (Å²) in [5.74, 6) is -0.0611. The average molecular weight is 576 g/mol. The van der Waals surface area contributed by atoms with Gasteiger partial charge in [0.2, 0.25) is 0 Å². The topological polar surface area (TPSA) is 71.9 Å². The van der Waals surface area contributed by atoms with Crippen molar-refractivity contribution >= 4 is 11.7 Å². The van der Waals surface area contributed by atoms with E-state index in [-0.39, 0.29) is 24.0 Å². The van der Waals surface area contributed by atoms with Crippen molar-refractivity contribution in [1.82, 2.24) is 20.1 Å². The third kappa shape index (κ3) is 8.07. The van der Waals surface area contributed by atoms with Gasteiger partial charge in [0, 0.05) is 51.5 Å². The zero-order valence-corrected chi connectivity index (χ0v) is 25.6. The fraction of sp³-hybridized carbons (Fsp3) is 0.471. The molecule has 0 saturated carbocycles. The SMILES string of the molecule is CC.CCc1ccc(CN2CCC(N3CCN(c4ncc(C(=O)NCc5ccc(F)c(C)c5)cc4O)CC3)CC2)cc1. The number of nitrogens with zero attached hydrogens (tertiary/aromatic N) is 4. The van der Waals surface area contributed by atoms with Crippen molar-refractivity contribution in [3.63, 3.8) is 0 Å². The van der Waals surface area contributed by atoms with Gasteiger partial charge < -0.3 is 15.3 Å². The number of hydrogen-bond donors (Lipinski definition) is 2. The van der Waals surface area contributed by atoms with Crippen LogP contribution in [0.2, 0.25) is 0 Å². The normalized spacial score (nSPS) is 16.5. The van der Waals surface area contributed by atoms with Gasteiger partial charge in [0.1, 0.15) is 5.82 Å². The maximum Gasteiger partial charge on any atom is 0.253 e. The molecule has 2 aliphatic rings. The van der Waals surface area contributed by atoms with E-state index in [1.54, 1.807) is 19.1 Å². The molecule has 8 heteroatoms. The molecule has 0 aliphatic carbocycles. The molecule has 42 heavy (non-hydrogen) atoms. The molecule has 3 aromatic rings. The molecule has 3 heterocycles. The molecule has 1 aromatic heterocycles. The van der Waals surface area contributed by atoms with Crippen LogP contribution in [0, 0.1) is 12.7 Å². The number of piperidine rings is 1. The Morgan fingerprint density at radius 2 is 1.60 bits per heavy atom. The van der Waals surface area contributed by atoms with Crippen LogP contribution in [0.25, 0.3) is 0 Å². The number of anilines is 1. The fourth-order valence-corrected chi connectivity index (χ4v) is 5.79. The van der Waals surface area contributed by atoms with Crippen LogP contribution in [0.5, 0.6) is 5.75 Å². The summed E-state index contributed by atoms with van der Waals surface area (Å²) in [7, 11) is 0. The highest BCUT2D eigenvalue weighted by atomic mass is 19.1. The molecule has 7 nitrogen and oxygen atoms in total. The smallest absolute Gasteiger partial charge is 0.253 e. The number of aromatic hydroxyl groups is 1. The molecule has 2 N–H and O–H groups in total. The second-order valence-electron chi connectivity index (χ2n) is 11.0. The lowest BCUT2D eigenvalue weighted by atomic mass is 10.0. The van der Waals surface area contributed by atoms with Gasteiger partial charge in [-0.2, -0.15) is 0 Å². The Kier molecular flexibility index (Phi) is 11.3. The number of carbonyl (C=O) groups is 1. The summed E-state index contributed by atoms with van der Waals surface area (Å²) in [6, 6.07) is 15.9. The number of aryl methyl sites for hydroxylation is 2. The number of aromatic nitrogens is 1. The van der Waals surface area contributed by atoms with Gasteiger partial charge in [-0.1, -0.05) is 57.2 Å². The highest BCUT2D eigenvalue weighted by Crippen LogP contribution is 2.28. The van der Waals surface area contributed by atoms with Crippen LogP contribution in [0.15, 0.2) is 54.7 Å². The highest BCUT2D eigenvalue weighted by molar-refractivity contribution is 5.94. The molecule has 2 aromatic carbocycles. The number of amides is 1. The van der Waals surface area contributed by atoms with Crippen LogP contribution in [0.4, 0.5) is 10.2 Å². The van der Waals surface area contributed by atoms with Crippen molar-refractivity contribution in [3.8, 4) is 5.75 Å². The summed E-state index contributed by atoms with van der Waals surface area (Å²) in [4.78, 5) is 24.3. The monoisotopic (exact) mass is 575 g/mol. The number of pyridine rings is 1. The average Bonchev–Trinajstić information content (AvgIpc) is 3.03. The first-order chi connectivity index (χ1) is 20.4. The third-order valence-corrected chi connectivity index (χ3v) is 8.31. The second-order valence-corrected chi connectivity index (χ2v) is 11.0. The van der Waals surface area contributed by atoms with E-state index in [1.807, 2.05) is 13.8 Å². The third-order valence-electron chi connectivity index (χ3n) is 8.31. The van der Waals surface area contributed by atoms with Gasteiger partial charge in [0.15, 0.2) is 11.6 Å². The zero-order valence-electron chi connectivity index (χ0n) is 25.6. The first kappa shape index (κ1) is 31.4. The van der Waals surface area contributed by atoms with Crippen molar-refractivity contribution in [2.45, 2.75) is 66.1 Å². The number of hydrogen-bond acceptors (Lipinski definition) is 6. The number of benzene rings is 2. The number of rotatable bonds is 8. The standard InChI is InChI=1S/C32H40FN5O2.C2H6/c1-3-24-4-6-25(7-5-24)22-36-12-10-28(11-13-36)37-14-16-38(17-15-37)31-30(39)19-27(21-34-31)32(40)35-20-26-8-9-29(33)23(2)18-26;1-2/h4-9,18-19,21,28,39H,3,10-17,20,22H2,1-2H3,(H,35,40);1-2H3. The minimum Gasteiger partial charge on any atom is -0.504 e. The largest absolute Gasteiger partial charge is 0.504 e. The molecule has 5 rings (SSSR count). The number of likely N-dealkylation sites (tertiary alicyclic amines) is 1. The predicted molar refractivity (Wildman–Crippen MR) is 167 cm³/mol. The fourth-order valence-electron chi connectivity index (χ4n) is 5.79. The summed E-state index contributed by atoms with van der Waals surface area (Å²) < 4.78 is 13.5. The Hall–Kier alpha value is -3.49. The van der Waals surface area contributed by atoms with Crippen LogP contribution in [-0.4, -0.2) is 71.1 Å². The van der Waals surface area contributed by atoms with E-state index < -0.39 is 0 Å². The summed E-state index contributed by atoms with van der Waals surface area (Å²) in [6.07, 6.45) is 4.95. The summed E-state index contributed by atoms with van der Waals surface area (Å²) in [6.45, 7) is 14.9. The van der Waals surface area contributed by atoms with Crippen LogP contribution < -0.4 is 10.2 Å². The molecule has 2 aliphatic heterocycles. The maximum absolute atomic E-state index is 13.5. The highest BCUT2D eigenvalue weighted by Gasteiger charge is 2.28. The van der Waals surface area contributed by atoms with Crippen molar-refractivity contribution in [2.24, 2.45) is 0 Å². The molecule has 2 saturated heterocycles. The molecule has 0 radical (unpaired) electrons. The Labute approximate surface area is 250 Å². The van der Waals surface area contributed by atoms with E-state index in [2.05, 4.69) is 56.2 Å². The van der Waals surface area contributed by atoms with Crippen molar-refractivity contribution in [1.29, 1.82) is 0 Å². The number of carbonyl (C=O) groups excluding carboxylic acids is 1. The van der Waals surface area contributed by atoms with Gasteiger partial charge in [-0.15, -0.1) is 0 Å². The Balaban J connectivity index is 0.00000198. The lowest BCUT2D eigenvalue weighted by Gasteiger charge is -2.43. The predicted octanol–water partition coefficient (Wildman–Crippen LogP) is 5.54. The van der Waals surface area contributed by atoms with Gasteiger partial charge >= 0.3 is 0 Å². The zero-order chi connectivity index (χ0) is 30.1. The van der Waals surface area contributed by atoms with E-state index in [9.17, 15) is 14.3 Å². The van der Waals surface area contributed by atoms with Crippen molar-refractivity contribution in [2.75, 3.05) is 44.2 Å². The van der Waals surface area contributed by atoms with Gasteiger partial charge in [0.25, 0.3) is 5.91 Å². The summed E-state index contributed by atoms with van der Waals surface area (Å²) in [5, 5.41) is 13.5. The van der Waals surface area contributed by atoms with Crippen LogP contribution in [0.1, 0.15) is 66.2 Å². The van der Waals surface area contributed by atoms with E-state index in [1.165, 1.54) is 42.3 Å². The van der Waals surface area contributed by atoms with Gasteiger partial charge in [-0.25, -0.2) is 9.37 Å². The molecule has 2 fully saturated rings. The lowest BCUT2D eigenvalue weighted by molar-refractivity contribution is 0.0950. The van der Waals surface area contributed by atoms with E-state index >= 15 is 0 Å². The van der Waals surface area contributed by atoms with Crippen molar-refractivity contribution < 1.29 is 14.3 Å². The number of halogens is 1. The summed E-state index contributed by atoms with van der Waals surface area (Å²) in [5.41, 5.74) is 4.43. The summed E-state index contributed by atoms with van der Waals surface area (Å²) >= 11 is 0. The first-order valence-corrected chi connectivity index (χ1v) is 15.4. The lowest BCUT2D eigenvalue weighted by Crippen LogP contribution is -2.53. The molecule has 0 unspecified atom stereocenters. The molecule has 0 bridgehead atoms. The Bertz CT molecular complexity index is 1300. The van der Waals surface area contributed by atoms with E-state index in [4.69, 9.17) is 0 Å². The number of piperazine rings is 1. The molecular weight excluding hydrogens is 529 g/mol. The maximum atomic E-state index is 13.5. The molecule has 1 amide bonds.